The fraction of sp³-hybridized carbons (Fsp3) is 0.864. The third kappa shape index (κ3) is 9.31. The van der Waals surface area contributed by atoms with Gasteiger partial charge in [0.2, 0.25) is 0 Å². The van der Waals surface area contributed by atoms with Crippen molar-refractivity contribution in [3.05, 3.63) is 9.67 Å². The molecule has 158 valence electrons. The van der Waals surface area contributed by atoms with E-state index in [-0.39, 0.29) is 12.3 Å². The zero-order valence-electron chi connectivity index (χ0n) is 18.2. The molecule has 1 aliphatic heterocycles. The Kier molecular flexibility index (Phi) is 13.7. The quantitative estimate of drug-likeness (QED) is 0.170. The second-order valence-corrected chi connectivity index (χ2v) is 21.3. The Hall–Kier alpha value is -0.0713. The van der Waals surface area contributed by atoms with E-state index in [0.717, 1.165) is 25.9 Å². The van der Waals surface area contributed by atoms with E-state index in [4.69, 9.17) is 14.2 Å². The first-order valence-corrected chi connectivity index (χ1v) is 18.6. The molecule has 0 amide bonds. The first-order valence-electron chi connectivity index (χ1n) is 11.1. The van der Waals surface area contributed by atoms with Gasteiger partial charge in [-0.15, -0.1) is 0 Å². The molecule has 0 saturated carbocycles. The van der Waals surface area contributed by atoms with Crippen molar-refractivity contribution in [2.75, 3.05) is 20.3 Å². The molecule has 1 saturated heterocycles. The summed E-state index contributed by atoms with van der Waals surface area (Å²) in [5.74, 6) is -0.219. The van der Waals surface area contributed by atoms with Crippen LogP contribution in [0.5, 0.6) is 0 Å². The van der Waals surface area contributed by atoms with Crippen LogP contribution in [0.4, 0.5) is 0 Å². The van der Waals surface area contributed by atoms with Gasteiger partial charge in [0.15, 0.2) is 0 Å². The number of unbranched alkanes of at least 4 members (excludes halogenated alkanes) is 3. The summed E-state index contributed by atoms with van der Waals surface area (Å²) in [5, 5.41) is 0. The number of rotatable bonds is 14. The van der Waals surface area contributed by atoms with Crippen molar-refractivity contribution in [3.8, 4) is 0 Å². The molecule has 0 aromatic heterocycles. The van der Waals surface area contributed by atoms with Crippen molar-refractivity contribution in [2.45, 2.75) is 98.2 Å². The van der Waals surface area contributed by atoms with Gasteiger partial charge in [0.05, 0.1) is 0 Å². The Morgan fingerprint density at radius 1 is 1.04 bits per heavy atom. The molecule has 1 fully saturated rings. The van der Waals surface area contributed by atoms with Crippen molar-refractivity contribution in [2.24, 2.45) is 0 Å². The molecule has 1 aliphatic rings. The monoisotopic (exact) mass is 490 g/mol. The normalized spacial score (nSPS) is 18.5. The fourth-order valence-corrected chi connectivity index (χ4v) is 20.0. The van der Waals surface area contributed by atoms with Crippen molar-refractivity contribution in [3.63, 3.8) is 0 Å². The maximum atomic E-state index is 12.2. The molecule has 0 radical (unpaired) electrons. The van der Waals surface area contributed by atoms with Crippen LogP contribution in [0.25, 0.3) is 0 Å². The van der Waals surface area contributed by atoms with Crippen LogP contribution in [0.1, 0.15) is 78.6 Å². The summed E-state index contributed by atoms with van der Waals surface area (Å²) >= 11 is -2.70. The molecule has 0 spiro atoms. The van der Waals surface area contributed by atoms with E-state index < -0.39 is 18.4 Å². The first-order chi connectivity index (χ1) is 13.1. The molecule has 1 atom stereocenters. The van der Waals surface area contributed by atoms with Gasteiger partial charge in [-0.05, 0) is 0 Å². The van der Waals surface area contributed by atoms with Crippen molar-refractivity contribution >= 4 is 24.3 Å². The van der Waals surface area contributed by atoms with E-state index in [2.05, 4.69) is 20.8 Å². The van der Waals surface area contributed by atoms with Crippen LogP contribution in [0.15, 0.2) is 9.67 Å². The number of carbonyl (C=O) groups excluding carboxylic acids is 1. The van der Waals surface area contributed by atoms with Crippen LogP contribution in [-0.2, 0) is 19.0 Å². The summed E-state index contributed by atoms with van der Waals surface area (Å²) in [6.07, 6.45) is 12.4. The van der Waals surface area contributed by atoms with Gasteiger partial charge in [-0.3, -0.25) is 0 Å². The van der Waals surface area contributed by atoms with Crippen molar-refractivity contribution in [1.82, 2.24) is 0 Å². The van der Waals surface area contributed by atoms with Gasteiger partial charge in [-0.25, -0.2) is 0 Å². The summed E-state index contributed by atoms with van der Waals surface area (Å²) < 4.78 is 22.3. The predicted octanol–water partition coefficient (Wildman–Crippen LogP) is 6.02. The SMILES string of the molecule is CCC[CH2][Sn]([CH2]CCC)([CH2]CCC)/[C](=C/C(=O)OC)COC1CCCCO1. The molecule has 1 rings (SSSR count). The Bertz CT molecular complexity index is 408. The second-order valence-electron chi connectivity index (χ2n) is 7.89. The summed E-state index contributed by atoms with van der Waals surface area (Å²) in [5.41, 5.74) is 0. The fourth-order valence-electron chi connectivity index (χ4n) is 3.98. The van der Waals surface area contributed by atoms with E-state index >= 15 is 0 Å². The van der Waals surface area contributed by atoms with E-state index in [1.165, 1.54) is 62.5 Å². The minimum atomic E-state index is -2.70. The molecule has 0 aromatic carbocycles. The molecule has 0 bridgehead atoms. The molecule has 5 heteroatoms. The first kappa shape index (κ1) is 25.0. The summed E-state index contributed by atoms with van der Waals surface area (Å²) in [6.45, 7) is 8.16. The Morgan fingerprint density at radius 3 is 2.07 bits per heavy atom. The van der Waals surface area contributed by atoms with E-state index in [9.17, 15) is 4.79 Å². The van der Waals surface area contributed by atoms with E-state index in [0.29, 0.717) is 6.61 Å². The standard InChI is InChI=1S/C10H15O4.3C4H9.Sn/c1-12-9(11)5-4-8-14-10-6-2-3-7-13-10;3*1-3-4-2;/h5,10H,2-3,6-8H2,1H3;3*1,3-4H2,2H3;. The van der Waals surface area contributed by atoms with Gasteiger partial charge in [0, 0.05) is 0 Å². The topological polar surface area (TPSA) is 44.8 Å². The van der Waals surface area contributed by atoms with Crippen LogP contribution in [0, 0.1) is 0 Å². The third-order valence-corrected chi connectivity index (χ3v) is 21.7. The van der Waals surface area contributed by atoms with Gasteiger partial charge >= 0.3 is 171 Å². The minimum absolute atomic E-state index is 0.104. The second kappa shape index (κ2) is 14.9. The number of hydrogen-bond acceptors (Lipinski definition) is 4. The molecule has 27 heavy (non-hydrogen) atoms. The summed E-state index contributed by atoms with van der Waals surface area (Å²) in [6, 6.07) is 0. The number of methoxy groups -OCH3 is 1. The Labute approximate surface area is 171 Å². The molecular weight excluding hydrogens is 447 g/mol. The molecule has 0 aliphatic carbocycles. The molecule has 1 heterocycles. The van der Waals surface area contributed by atoms with Crippen LogP contribution in [0.2, 0.25) is 13.3 Å². The predicted molar refractivity (Wildman–Crippen MR) is 115 cm³/mol. The average molecular weight is 489 g/mol. The van der Waals surface area contributed by atoms with Gasteiger partial charge < -0.3 is 0 Å². The number of esters is 1. The van der Waals surface area contributed by atoms with Gasteiger partial charge in [0.25, 0.3) is 0 Å². The number of hydrogen-bond donors (Lipinski definition) is 0. The van der Waals surface area contributed by atoms with Gasteiger partial charge in [-0.2, -0.15) is 0 Å². The Balaban J connectivity index is 3.06. The number of ether oxygens (including phenoxy) is 3. The van der Waals surface area contributed by atoms with Gasteiger partial charge in [0.1, 0.15) is 0 Å². The third-order valence-electron chi connectivity index (χ3n) is 5.76. The molecule has 4 nitrogen and oxygen atoms in total. The van der Waals surface area contributed by atoms with E-state index in [1.54, 1.807) is 6.08 Å². The van der Waals surface area contributed by atoms with Crippen molar-refractivity contribution in [1.29, 1.82) is 0 Å². The Morgan fingerprint density at radius 2 is 1.63 bits per heavy atom. The molecule has 0 N–H and O–H groups in total. The van der Waals surface area contributed by atoms with E-state index in [1.807, 2.05) is 0 Å². The zero-order chi connectivity index (χ0) is 20.0. The summed E-state index contributed by atoms with van der Waals surface area (Å²) in [4.78, 5) is 12.2. The zero-order valence-corrected chi connectivity index (χ0v) is 21.0. The summed E-state index contributed by atoms with van der Waals surface area (Å²) in [7, 11) is 1.48. The molecular formula is C22H42O4Sn. The number of carbonyl (C=O) groups is 1. The van der Waals surface area contributed by atoms with Crippen molar-refractivity contribution < 1.29 is 19.0 Å². The van der Waals surface area contributed by atoms with Crippen LogP contribution in [-0.4, -0.2) is 51.0 Å². The van der Waals surface area contributed by atoms with Gasteiger partial charge in [-0.1, -0.05) is 0 Å². The molecule has 0 aromatic rings. The van der Waals surface area contributed by atoms with Crippen LogP contribution >= 0.6 is 0 Å². The van der Waals surface area contributed by atoms with Crippen LogP contribution < -0.4 is 0 Å². The molecule has 1 unspecified atom stereocenters. The van der Waals surface area contributed by atoms with Crippen LogP contribution in [0.3, 0.4) is 0 Å². The maximum absolute atomic E-state index is 12.2. The average Bonchev–Trinajstić information content (AvgIpc) is 2.71.